The lowest BCUT2D eigenvalue weighted by molar-refractivity contribution is -0.139. The zero-order chi connectivity index (χ0) is 31.2. The van der Waals surface area contributed by atoms with Crippen LogP contribution in [0.15, 0.2) is 77.7 Å². The highest BCUT2D eigenvalue weighted by Crippen LogP contribution is 2.33. The Kier molecular flexibility index (Phi) is 10.4. The van der Waals surface area contributed by atoms with Gasteiger partial charge in [-0.2, -0.15) is 13.2 Å². The summed E-state index contributed by atoms with van der Waals surface area (Å²) in [6.45, 7) is 5.42. The standard InChI is InChI=1S/C30H33F4N3O4S/c1-5-21(3)35-29(39)22(4)36(18-23-9-6-7-12-27(23)31)28(38)19-37(25-11-8-10-24(17-25)30(32,33)34)42(40,41)26-15-13-20(2)14-16-26/h6-17,21-22H,5,18-19H2,1-4H3,(H,35,39)/t21-,22-/m1/s1. The number of aryl methyl sites for hydroxylation is 1. The van der Waals surface area contributed by atoms with Crippen molar-refractivity contribution >= 4 is 27.5 Å². The Balaban J connectivity index is 2.10. The summed E-state index contributed by atoms with van der Waals surface area (Å²) in [7, 11) is -4.57. The fraction of sp³-hybridized carbons (Fsp3) is 0.333. The topological polar surface area (TPSA) is 86.8 Å². The van der Waals surface area contributed by atoms with Gasteiger partial charge in [-0.05, 0) is 63.6 Å². The average Bonchev–Trinajstić information content (AvgIpc) is 2.94. The van der Waals surface area contributed by atoms with Gasteiger partial charge >= 0.3 is 6.18 Å². The van der Waals surface area contributed by atoms with Crippen LogP contribution in [0.2, 0.25) is 0 Å². The highest BCUT2D eigenvalue weighted by molar-refractivity contribution is 7.92. The summed E-state index contributed by atoms with van der Waals surface area (Å²) in [5.74, 6) is -2.12. The van der Waals surface area contributed by atoms with E-state index >= 15 is 0 Å². The Hall–Kier alpha value is -3.93. The Bertz CT molecular complexity index is 1510. The molecule has 3 aromatic carbocycles. The van der Waals surface area contributed by atoms with E-state index < -0.39 is 57.7 Å². The number of rotatable bonds is 11. The zero-order valence-electron chi connectivity index (χ0n) is 23.7. The Morgan fingerprint density at radius 3 is 2.19 bits per heavy atom. The molecule has 226 valence electrons. The van der Waals surface area contributed by atoms with E-state index in [1.807, 2.05) is 6.92 Å². The first-order valence-electron chi connectivity index (χ1n) is 13.2. The summed E-state index contributed by atoms with van der Waals surface area (Å²) >= 11 is 0. The summed E-state index contributed by atoms with van der Waals surface area (Å²) in [6, 6.07) is 13.4. The number of carbonyl (C=O) groups excluding carboxylic acids is 2. The molecule has 0 unspecified atom stereocenters. The first kappa shape index (κ1) is 32.6. The van der Waals surface area contributed by atoms with E-state index in [2.05, 4.69) is 5.32 Å². The number of anilines is 1. The molecule has 7 nitrogen and oxygen atoms in total. The normalized spacial score (nSPS) is 13.2. The highest BCUT2D eigenvalue weighted by Gasteiger charge is 2.35. The zero-order valence-corrected chi connectivity index (χ0v) is 24.5. The van der Waals surface area contributed by atoms with E-state index in [4.69, 9.17) is 0 Å². The lowest BCUT2D eigenvalue weighted by Gasteiger charge is -2.32. The second-order valence-corrected chi connectivity index (χ2v) is 11.8. The first-order chi connectivity index (χ1) is 19.6. The number of nitrogens with one attached hydrogen (secondary N) is 1. The van der Waals surface area contributed by atoms with Crippen molar-refractivity contribution in [3.63, 3.8) is 0 Å². The summed E-state index contributed by atoms with van der Waals surface area (Å²) in [4.78, 5) is 27.7. The maximum atomic E-state index is 14.6. The fourth-order valence-electron chi connectivity index (χ4n) is 4.06. The quantitative estimate of drug-likeness (QED) is 0.284. The molecule has 0 bridgehead atoms. The van der Waals surface area contributed by atoms with Gasteiger partial charge in [0.05, 0.1) is 16.1 Å². The number of alkyl halides is 3. The predicted octanol–water partition coefficient (Wildman–Crippen LogP) is 5.68. The number of sulfonamides is 1. The Morgan fingerprint density at radius 2 is 1.60 bits per heavy atom. The number of halogens is 4. The number of nitrogens with zero attached hydrogens (tertiary/aromatic N) is 2. The van der Waals surface area contributed by atoms with E-state index in [9.17, 15) is 35.6 Å². The van der Waals surface area contributed by atoms with Gasteiger partial charge in [-0.3, -0.25) is 13.9 Å². The Morgan fingerprint density at radius 1 is 0.952 bits per heavy atom. The van der Waals surface area contributed by atoms with Crippen molar-refractivity contribution in [3.05, 3.63) is 95.3 Å². The third-order valence-corrected chi connectivity index (χ3v) is 8.60. The molecule has 1 N–H and O–H groups in total. The molecule has 0 spiro atoms. The van der Waals surface area contributed by atoms with Gasteiger partial charge < -0.3 is 10.2 Å². The molecule has 0 saturated heterocycles. The van der Waals surface area contributed by atoms with Crippen molar-refractivity contribution < 1.29 is 35.6 Å². The molecular weight excluding hydrogens is 574 g/mol. The van der Waals surface area contributed by atoms with Crippen molar-refractivity contribution in [1.29, 1.82) is 0 Å². The second kappa shape index (κ2) is 13.4. The minimum absolute atomic E-state index is 0.0704. The third kappa shape index (κ3) is 7.87. The number of hydrogen-bond donors (Lipinski definition) is 1. The summed E-state index contributed by atoms with van der Waals surface area (Å²) in [6.07, 6.45) is -4.18. The fourth-order valence-corrected chi connectivity index (χ4v) is 5.47. The van der Waals surface area contributed by atoms with Crippen LogP contribution in [0.3, 0.4) is 0 Å². The first-order valence-corrected chi connectivity index (χ1v) is 14.7. The smallest absolute Gasteiger partial charge is 0.352 e. The third-order valence-electron chi connectivity index (χ3n) is 6.82. The number of carbonyl (C=O) groups is 2. The molecule has 2 atom stereocenters. The molecule has 3 rings (SSSR count). The van der Waals surface area contributed by atoms with E-state index in [-0.39, 0.29) is 23.0 Å². The molecule has 0 aliphatic heterocycles. The summed E-state index contributed by atoms with van der Waals surface area (Å²) in [5.41, 5.74) is -0.698. The molecule has 3 aromatic rings. The van der Waals surface area contributed by atoms with Crippen molar-refractivity contribution in [1.82, 2.24) is 10.2 Å². The minimum Gasteiger partial charge on any atom is -0.352 e. The van der Waals surface area contributed by atoms with Crippen LogP contribution in [0, 0.1) is 12.7 Å². The van der Waals surface area contributed by atoms with E-state index in [1.54, 1.807) is 19.9 Å². The van der Waals surface area contributed by atoms with E-state index in [0.29, 0.717) is 16.8 Å². The van der Waals surface area contributed by atoms with Gasteiger partial charge in [0.25, 0.3) is 10.0 Å². The van der Waals surface area contributed by atoms with Gasteiger partial charge in [0.1, 0.15) is 18.4 Å². The molecule has 0 aliphatic rings. The predicted molar refractivity (Wildman–Crippen MR) is 151 cm³/mol. The van der Waals surface area contributed by atoms with Crippen LogP contribution in [0.4, 0.5) is 23.2 Å². The van der Waals surface area contributed by atoms with Gasteiger partial charge in [0.15, 0.2) is 0 Å². The number of hydrogen-bond acceptors (Lipinski definition) is 4. The molecule has 0 heterocycles. The lowest BCUT2D eigenvalue weighted by Crippen LogP contribution is -2.52. The molecule has 0 aliphatic carbocycles. The Labute approximate surface area is 243 Å². The molecule has 0 fully saturated rings. The lowest BCUT2D eigenvalue weighted by atomic mass is 10.1. The van der Waals surface area contributed by atoms with Gasteiger partial charge in [-0.15, -0.1) is 0 Å². The van der Waals surface area contributed by atoms with Crippen LogP contribution < -0.4 is 9.62 Å². The summed E-state index contributed by atoms with van der Waals surface area (Å²) < 4.78 is 83.5. The van der Waals surface area contributed by atoms with Gasteiger partial charge in [-0.1, -0.05) is 48.9 Å². The monoisotopic (exact) mass is 607 g/mol. The number of amides is 2. The largest absolute Gasteiger partial charge is 0.416 e. The minimum atomic E-state index is -4.78. The van der Waals surface area contributed by atoms with Crippen LogP contribution in [-0.2, 0) is 32.3 Å². The molecule has 0 saturated carbocycles. The summed E-state index contributed by atoms with van der Waals surface area (Å²) in [5, 5.41) is 2.75. The molecule has 0 radical (unpaired) electrons. The SMILES string of the molecule is CC[C@@H](C)NC(=O)[C@@H](C)N(Cc1ccccc1F)C(=O)CN(c1cccc(C(F)(F)F)c1)S(=O)(=O)c1ccc(C)cc1. The van der Waals surface area contributed by atoms with Crippen molar-refractivity contribution in [2.45, 2.75) is 63.8 Å². The van der Waals surface area contributed by atoms with Crippen LogP contribution >= 0.6 is 0 Å². The maximum Gasteiger partial charge on any atom is 0.416 e. The molecular formula is C30H33F4N3O4S. The highest BCUT2D eigenvalue weighted by atomic mass is 32.2. The molecule has 0 aromatic heterocycles. The van der Waals surface area contributed by atoms with Crippen LogP contribution in [0.1, 0.15) is 43.9 Å². The van der Waals surface area contributed by atoms with Gasteiger partial charge in [0.2, 0.25) is 11.8 Å². The molecule has 2 amide bonds. The molecule has 42 heavy (non-hydrogen) atoms. The van der Waals surface area contributed by atoms with Crippen LogP contribution in [0.25, 0.3) is 0 Å². The average molecular weight is 608 g/mol. The van der Waals surface area contributed by atoms with Crippen LogP contribution in [-0.4, -0.2) is 43.8 Å². The molecule has 12 heteroatoms. The number of benzene rings is 3. The van der Waals surface area contributed by atoms with E-state index in [1.165, 1.54) is 49.4 Å². The maximum absolute atomic E-state index is 14.6. The van der Waals surface area contributed by atoms with E-state index in [0.717, 1.165) is 28.7 Å². The van der Waals surface area contributed by atoms with Crippen LogP contribution in [0.5, 0.6) is 0 Å². The van der Waals surface area contributed by atoms with Crippen molar-refractivity contribution in [3.8, 4) is 0 Å². The van der Waals surface area contributed by atoms with Gasteiger partial charge in [-0.25, -0.2) is 12.8 Å². The second-order valence-electron chi connectivity index (χ2n) is 9.98. The van der Waals surface area contributed by atoms with Gasteiger partial charge in [0, 0.05) is 18.2 Å². The van der Waals surface area contributed by atoms with Crippen molar-refractivity contribution in [2.24, 2.45) is 0 Å². The van der Waals surface area contributed by atoms with Crippen molar-refractivity contribution in [2.75, 3.05) is 10.8 Å².